The van der Waals surface area contributed by atoms with Crippen LogP contribution in [0.1, 0.15) is 74.6 Å². The molecular formula is C24H29N5O4S. The Labute approximate surface area is 203 Å². The fourth-order valence-electron chi connectivity index (χ4n) is 4.45. The van der Waals surface area contributed by atoms with Crippen molar-refractivity contribution in [2.75, 3.05) is 12.4 Å². The molecular weight excluding hydrogens is 454 g/mol. The number of rotatable bonds is 8. The topological polar surface area (TPSA) is 145 Å². The Morgan fingerprint density at radius 1 is 0.941 bits per heavy atom. The summed E-state index contributed by atoms with van der Waals surface area (Å²) >= 11 is 1.07. The smallest absolute Gasteiger partial charge is 0.341 e. The third-order valence-electron chi connectivity index (χ3n) is 6.27. The van der Waals surface area contributed by atoms with Crippen LogP contribution in [0.15, 0.2) is 23.4 Å². The van der Waals surface area contributed by atoms with Crippen LogP contribution < -0.4 is 10.6 Å². The molecule has 2 amide bonds. The molecule has 1 heterocycles. The summed E-state index contributed by atoms with van der Waals surface area (Å²) in [6, 6.07) is 7.53. The van der Waals surface area contributed by atoms with E-state index in [0.29, 0.717) is 30.7 Å². The van der Waals surface area contributed by atoms with E-state index in [2.05, 4.69) is 27.8 Å². The van der Waals surface area contributed by atoms with Gasteiger partial charge in [-0.3, -0.25) is 9.59 Å². The van der Waals surface area contributed by atoms with Gasteiger partial charge in [-0.05, 0) is 37.8 Å². The molecule has 0 bridgehead atoms. The summed E-state index contributed by atoms with van der Waals surface area (Å²) in [6.07, 6.45) is 9.58. The van der Waals surface area contributed by atoms with Gasteiger partial charge < -0.3 is 15.4 Å². The van der Waals surface area contributed by atoms with E-state index in [0.717, 1.165) is 50.3 Å². The molecule has 2 fully saturated rings. The van der Waals surface area contributed by atoms with Crippen LogP contribution in [0.4, 0.5) is 0 Å². The lowest BCUT2D eigenvalue weighted by atomic mass is 9.83. The van der Waals surface area contributed by atoms with Gasteiger partial charge in [-0.15, -0.1) is 0 Å². The van der Waals surface area contributed by atoms with E-state index in [1.165, 1.54) is 12.3 Å². The number of hydrogen-bond donors (Lipinski definition) is 2. The van der Waals surface area contributed by atoms with Gasteiger partial charge in [-0.1, -0.05) is 50.3 Å². The first kappa shape index (κ1) is 25.5. The number of ether oxygens (including phenoxy) is 1. The van der Waals surface area contributed by atoms with Gasteiger partial charge in [0.05, 0.1) is 23.5 Å². The third kappa shape index (κ3) is 6.71. The van der Waals surface area contributed by atoms with Crippen LogP contribution in [0.5, 0.6) is 0 Å². The number of pyridine rings is 1. The van der Waals surface area contributed by atoms with E-state index in [1.807, 2.05) is 0 Å². The van der Waals surface area contributed by atoms with Gasteiger partial charge in [-0.25, -0.2) is 9.78 Å². The Bertz CT molecular complexity index is 988. The van der Waals surface area contributed by atoms with Crippen molar-refractivity contribution < 1.29 is 19.1 Å². The van der Waals surface area contributed by atoms with Crippen molar-refractivity contribution in [2.24, 2.45) is 0 Å². The molecule has 1 aromatic rings. The highest BCUT2D eigenvalue weighted by molar-refractivity contribution is 8.00. The van der Waals surface area contributed by atoms with Crippen LogP contribution in [0.3, 0.4) is 0 Å². The van der Waals surface area contributed by atoms with Crippen LogP contribution in [-0.2, 0) is 14.3 Å². The average Bonchev–Trinajstić information content (AvgIpc) is 2.87. The lowest BCUT2D eigenvalue weighted by Crippen LogP contribution is -2.50. The Balaban J connectivity index is 1.53. The third-order valence-corrected chi connectivity index (χ3v) is 7.27. The number of hydrogen-bond acceptors (Lipinski definition) is 8. The van der Waals surface area contributed by atoms with E-state index < -0.39 is 29.6 Å². The predicted octanol–water partition coefficient (Wildman–Crippen LogP) is 3.02. The number of nitriles is 2. The summed E-state index contributed by atoms with van der Waals surface area (Å²) in [5, 5.41) is 24.9. The van der Waals surface area contributed by atoms with Crippen molar-refractivity contribution in [1.82, 2.24) is 15.6 Å². The second-order valence-corrected chi connectivity index (χ2v) is 9.79. The molecule has 9 nitrogen and oxygen atoms in total. The van der Waals surface area contributed by atoms with Crippen LogP contribution in [-0.4, -0.2) is 46.2 Å². The maximum atomic E-state index is 12.6. The van der Waals surface area contributed by atoms with Crippen molar-refractivity contribution in [1.29, 1.82) is 10.5 Å². The van der Waals surface area contributed by atoms with Gasteiger partial charge in [0.1, 0.15) is 16.1 Å². The maximum Gasteiger partial charge on any atom is 0.341 e. The molecule has 2 aliphatic rings. The standard InChI is InChI=1S/C24H29N5O4S/c25-16-23(9-3-1-4-10-23)28-19(30)14-33-22(32)18-8-7-13-27-21(18)34-15-20(31)29-24(17-26)11-5-2-6-12-24/h7-8,13H,1-6,9-12,14-15H2,(H,28,30)(H,29,31). The number of esters is 1. The van der Waals surface area contributed by atoms with Crippen molar-refractivity contribution in [2.45, 2.75) is 80.3 Å². The molecule has 0 unspecified atom stereocenters. The number of nitrogens with one attached hydrogen (secondary N) is 2. The zero-order valence-corrected chi connectivity index (χ0v) is 19.9. The molecule has 34 heavy (non-hydrogen) atoms. The maximum absolute atomic E-state index is 12.6. The van der Waals surface area contributed by atoms with Gasteiger partial charge in [0.25, 0.3) is 5.91 Å². The lowest BCUT2D eigenvalue weighted by molar-refractivity contribution is -0.126. The normalized spacial score (nSPS) is 18.5. The number of carbonyl (C=O) groups is 3. The fourth-order valence-corrected chi connectivity index (χ4v) is 5.23. The Morgan fingerprint density at radius 3 is 2.06 bits per heavy atom. The van der Waals surface area contributed by atoms with E-state index in [1.54, 1.807) is 6.07 Å². The summed E-state index contributed by atoms with van der Waals surface area (Å²) in [6.45, 7) is -0.508. The van der Waals surface area contributed by atoms with E-state index in [9.17, 15) is 24.9 Å². The van der Waals surface area contributed by atoms with Crippen molar-refractivity contribution in [3.8, 4) is 12.1 Å². The summed E-state index contributed by atoms with van der Waals surface area (Å²) in [5.41, 5.74) is -1.58. The number of amides is 2. The summed E-state index contributed by atoms with van der Waals surface area (Å²) in [7, 11) is 0. The largest absolute Gasteiger partial charge is 0.452 e. The Morgan fingerprint density at radius 2 is 1.50 bits per heavy atom. The Kier molecular flexibility index (Phi) is 8.89. The predicted molar refractivity (Wildman–Crippen MR) is 124 cm³/mol. The molecule has 2 saturated carbocycles. The van der Waals surface area contributed by atoms with Crippen molar-refractivity contribution in [3.05, 3.63) is 23.9 Å². The van der Waals surface area contributed by atoms with Gasteiger partial charge in [-0.2, -0.15) is 10.5 Å². The van der Waals surface area contributed by atoms with E-state index in [4.69, 9.17) is 4.74 Å². The molecule has 0 radical (unpaired) electrons. The number of nitrogens with zero attached hydrogens (tertiary/aromatic N) is 3. The summed E-state index contributed by atoms with van der Waals surface area (Å²) in [4.78, 5) is 41.6. The molecule has 0 aliphatic heterocycles. The van der Waals surface area contributed by atoms with Gasteiger partial charge in [0, 0.05) is 6.20 Å². The summed E-state index contributed by atoms with van der Waals surface area (Å²) in [5.74, 6) is -1.57. The molecule has 1 aromatic heterocycles. The van der Waals surface area contributed by atoms with Crippen molar-refractivity contribution >= 4 is 29.5 Å². The number of thioether (sulfide) groups is 1. The van der Waals surface area contributed by atoms with Gasteiger partial charge in [0.15, 0.2) is 6.61 Å². The minimum atomic E-state index is -0.899. The monoisotopic (exact) mass is 483 g/mol. The SMILES string of the molecule is N#CC1(NC(=O)COC(=O)c2cccnc2SCC(=O)NC2(C#N)CCCCC2)CCCCC1. The van der Waals surface area contributed by atoms with Crippen LogP contribution in [0.25, 0.3) is 0 Å². The molecule has 2 aliphatic carbocycles. The molecule has 0 aromatic carbocycles. The van der Waals surface area contributed by atoms with E-state index in [-0.39, 0.29) is 17.2 Å². The first-order chi connectivity index (χ1) is 16.4. The minimum absolute atomic E-state index is 0.00804. The van der Waals surface area contributed by atoms with Crippen LogP contribution >= 0.6 is 11.8 Å². The molecule has 0 saturated heterocycles. The highest BCUT2D eigenvalue weighted by Crippen LogP contribution is 2.29. The number of aromatic nitrogens is 1. The van der Waals surface area contributed by atoms with Crippen molar-refractivity contribution in [3.63, 3.8) is 0 Å². The second kappa shape index (κ2) is 11.8. The zero-order valence-electron chi connectivity index (χ0n) is 19.1. The summed E-state index contributed by atoms with van der Waals surface area (Å²) < 4.78 is 5.17. The highest BCUT2D eigenvalue weighted by atomic mass is 32.2. The Hall–Kier alpha value is -3.11. The van der Waals surface area contributed by atoms with E-state index >= 15 is 0 Å². The zero-order chi connectivity index (χ0) is 24.4. The van der Waals surface area contributed by atoms with Crippen LogP contribution in [0.2, 0.25) is 0 Å². The first-order valence-electron chi connectivity index (χ1n) is 11.6. The molecule has 180 valence electrons. The molecule has 3 rings (SSSR count). The highest BCUT2D eigenvalue weighted by Gasteiger charge is 2.34. The molecule has 10 heteroatoms. The quantitative estimate of drug-likeness (QED) is 0.424. The molecule has 0 spiro atoms. The second-order valence-electron chi connectivity index (χ2n) is 8.83. The average molecular weight is 484 g/mol. The first-order valence-corrected chi connectivity index (χ1v) is 12.6. The fraction of sp³-hybridized carbons (Fsp3) is 0.583. The molecule has 2 N–H and O–H groups in total. The molecule has 0 atom stereocenters. The minimum Gasteiger partial charge on any atom is -0.452 e. The lowest BCUT2D eigenvalue weighted by Gasteiger charge is -2.31. The van der Waals surface area contributed by atoms with Gasteiger partial charge >= 0.3 is 5.97 Å². The van der Waals surface area contributed by atoms with Crippen LogP contribution in [0, 0.1) is 22.7 Å². The number of carbonyl (C=O) groups excluding carboxylic acids is 3. The van der Waals surface area contributed by atoms with Gasteiger partial charge in [0.2, 0.25) is 5.91 Å².